The fraction of sp³-hybridized carbons (Fsp3) is 0.500. The predicted molar refractivity (Wildman–Crippen MR) is 97.0 cm³/mol. The summed E-state index contributed by atoms with van der Waals surface area (Å²) in [6.07, 6.45) is 4.70. The Morgan fingerprint density at radius 3 is 2.96 bits per heavy atom. The third kappa shape index (κ3) is 4.09. The van der Waals surface area contributed by atoms with E-state index in [0.29, 0.717) is 5.92 Å². The number of nitrogens with zero attached hydrogens (tertiary/aromatic N) is 4. The molecule has 25 heavy (non-hydrogen) atoms. The number of benzene rings is 1. The molecule has 1 aliphatic carbocycles. The zero-order valence-corrected chi connectivity index (χ0v) is 14.9. The largest absolute Gasteiger partial charge is 0.374 e. The molecule has 2 heterocycles. The van der Waals surface area contributed by atoms with Gasteiger partial charge in [0.15, 0.2) is 0 Å². The summed E-state index contributed by atoms with van der Waals surface area (Å²) in [6.45, 7) is 5.55. The molecule has 1 aromatic carbocycles. The van der Waals surface area contributed by atoms with Crippen LogP contribution in [-0.4, -0.2) is 52.7 Å². The molecule has 0 amide bonds. The van der Waals surface area contributed by atoms with Gasteiger partial charge in [-0.25, -0.2) is 4.68 Å². The number of rotatable bonds is 3. The van der Waals surface area contributed by atoms with Crippen molar-refractivity contribution in [1.82, 2.24) is 19.9 Å². The van der Waals surface area contributed by atoms with E-state index in [1.165, 1.54) is 18.4 Å². The summed E-state index contributed by atoms with van der Waals surface area (Å²) in [5.41, 5.74) is 4.29. The minimum absolute atomic E-state index is 0.175. The van der Waals surface area contributed by atoms with Crippen molar-refractivity contribution in [3.8, 4) is 23.1 Å². The molecule has 1 saturated carbocycles. The Hall–Kier alpha value is -2.16. The zero-order valence-electron chi connectivity index (χ0n) is 14.9. The first-order chi connectivity index (χ1) is 12.2. The molecule has 2 aliphatic rings. The third-order valence-electron chi connectivity index (χ3n) is 4.77. The Balaban J connectivity index is 1.47. The van der Waals surface area contributed by atoms with Gasteiger partial charge in [-0.1, -0.05) is 23.1 Å². The lowest BCUT2D eigenvalue weighted by Gasteiger charge is -2.29. The summed E-state index contributed by atoms with van der Waals surface area (Å²) < 4.78 is 7.70. The zero-order chi connectivity index (χ0) is 17.2. The fourth-order valence-electron chi connectivity index (χ4n) is 3.14. The number of morpholine rings is 1. The molecule has 1 atom stereocenters. The van der Waals surface area contributed by atoms with Crippen LogP contribution in [0.2, 0.25) is 0 Å². The summed E-state index contributed by atoms with van der Waals surface area (Å²) in [7, 11) is 2.12. The molecule has 2 fully saturated rings. The second-order valence-corrected chi connectivity index (χ2v) is 7.15. The van der Waals surface area contributed by atoms with E-state index in [4.69, 9.17) is 4.74 Å². The summed E-state index contributed by atoms with van der Waals surface area (Å²) >= 11 is 0. The van der Waals surface area contributed by atoms with Crippen molar-refractivity contribution < 1.29 is 4.74 Å². The highest BCUT2D eigenvalue weighted by atomic mass is 16.5. The van der Waals surface area contributed by atoms with Crippen molar-refractivity contribution in [2.45, 2.75) is 32.4 Å². The van der Waals surface area contributed by atoms with Gasteiger partial charge in [0.05, 0.1) is 25.5 Å². The van der Waals surface area contributed by atoms with Gasteiger partial charge in [0, 0.05) is 30.1 Å². The summed E-state index contributed by atoms with van der Waals surface area (Å²) in [4.78, 5) is 2.29. The average molecular weight is 336 g/mol. The van der Waals surface area contributed by atoms with E-state index in [2.05, 4.69) is 59.2 Å². The Bertz CT molecular complexity index is 813. The molecule has 130 valence electrons. The average Bonchev–Trinajstić information content (AvgIpc) is 3.31. The Kier molecular flexibility index (Phi) is 4.56. The van der Waals surface area contributed by atoms with Crippen LogP contribution in [0, 0.1) is 24.7 Å². The smallest absolute Gasteiger partial charge is 0.113 e. The van der Waals surface area contributed by atoms with Crippen LogP contribution in [0.3, 0.4) is 0 Å². The van der Waals surface area contributed by atoms with E-state index in [0.717, 1.165) is 43.1 Å². The maximum atomic E-state index is 5.81. The van der Waals surface area contributed by atoms with Gasteiger partial charge in [-0.2, -0.15) is 0 Å². The molecule has 1 aliphatic heterocycles. The minimum atomic E-state index is 0.175. The highest BCUT2D eigenvalue weighted by Gasteiger charge is 2.19. The van der Waals surface area contributed by atoms with Crippen LogP contribution < -0.4 is 0 Å². The quantitative estimate of drug-likeness (QED) is 0.807. The molecule has 1 aromatic heterocycles. The van der Waals surface area contributed by atoms with Gasteiger partial charge in [-0.3, -0.25) is 0 Å². The van der Waals surface area contributed by atoms with Crippen LogP contribution in [0.4, 0.5) is 0 Å². The topological polar surface area (TPSA) is 43.2 Å². The van der Waals surface area contributed by atoms with Crippen LogP contribution in [0.5, 0.6) is 0 Å². The van der Waals surface area contributed by atoms with Gasteiger partial charge >= 0.3 is 0 Å². The Labute approximate surface area is 149 Å². The predicted octanol–water partition coefficient (Wildman–Crippen LogP) is 2.35. The van der Waals surface area contributed by atoms with E-state index in [1.54, 1.807) is 0 Å². The van der Waals surface area contributed by atoms with Gasteiger partial charge < -0.3 is 9.64 Å². The fourth-order valence-corrected chi connectivity index (χ4v) is 3.14. The molecule has 0 unspecified atom stereocenters. The number of ether oxygens (including phenoxy) is 1. The maximum absolute atomic E-state index is 5.81. The van der Waals surface area contributed by atoms with Crippen LogP contribution in [-0.2, 0) is 11.3 Å². The standard InChI is InChI=1S/C20H24N4O/c1-15-11-17(6-5-16-3-4-16)7-8-19(15)20-14-24(22-21-20)13-18-12-23(2)9-10-25-18/h7-8,11,14,16,18H,3-4,9-10,12-13H2,1-2H3/t18-/m1/s1. The number of hydrogen-bond acceptors (Lipinski definition) is 4. The molecule has 5 heteroatoms. The van der Waals surface area contributed by atoms with Crippen molar-refractivity contribution in [2.75, 3.05) is 26.7 Å². The Morgan fingerprint density at radius 2 is 2.20 bits per heavy atom. The molecule has 1 saturated heterocycles. The summed E-state index contributed by atoms with van der Waals surface area (Å²) in [5.74, 6) is 7.22. The van der Waals surface area contributed by atoms with Crippen LogP contribution in [0.25, 0.3) is 11.3 Å². The van der Waals surface area contributed by atoms with Gasteiger partial charge in [-0.15, -0.1) is 5.10 Å². The molecule has 5 nitrogen and oxygen atoms in total. The monoisotopic (exact) mass is 336 g/mol. The first-order valence-electron chi connectivity index (χ1n) is 9.00. The number of aryl methyl sites for hydroxylation is 1. The molecular weight excluding hydrogens is 312 g/mol. The lowest BCUT2D eigenvalue weighted by molar-refractivity contribution is -0.0292. The molecular formula is C20H24N4O. The third-order valence-corrected chi connectivity index (χ3v) is 4.77. The van der Waals surface area contributed by atoms with Crippen molar-refractivity contribution in [3.05, 3.63) is 35.5 Å². The maximum Gasteiger partial charge on any atom is 0.113 e. The highest BCUT2D eigenvalue weighted by molar-refractivity contribution is 5.64. The van der Waals surface area contributed by atoms with Gasteiger partial charge in [0.1, 0.15) is 5.69 Å². The number of aromatic nitrogens is 3. The van der Waals surface area contributed by atoms with Gasteiger partial charge in [-0.05, 0) is 44.5 Å². The SMILES string of the molecule is Cc1cc(C#CC2CC2)ccc1-c1cn(C[C@H]2CN(C)CCO2)nn1. The van der Waals surface area contributed by atoms with Gasteiger partial charge in [0.2, 0.25) is 0 Å². The highest BCUT2D eigenvalue weighted by Crippen LogP contribution is 2.28. The first kappa shape index (κ1) is 16.3. The lowest BCUT2D eigenvalue weighted by Crippen LogP contribution is -2.42. The van der Waals surface area contributed by atoms with E-state index in [-0.39, 0.29) is 6.10 Å². The minimum Gasteiger partial charge on any atom is -0.374 e. The molecule has 0 spiro atoms. The van der Waals surface area contributed by atoms with Crippen LogP contribution in [0.15, 0.2) is 24.4 Å². The molecule has 0 radical (unpaired) electrons. The van der Waals surface area contributed by atoms with Crippen molar-refractivity contribution in [3.63, 3.8) is 0 Å². The molecule has 2 aromatic rings. The second kappa shape index (κ2) is 6.99. The first-order valence-corrected chi connectivity index (χ1v) is 9.00. The second-order valence-electron chi connectivity index (χ2n) is 7.15. The van der Waals surface area contributed by atoms with E-state index < -0.39 is 0 Å². The van der Waals surface area contributed by atoms with Crippen molar-refractivity contribution >= 4 is 0 Å². The van der Waals surface area contributed by atoms with Crippen molar-refractivity contribution in [2.24, 2.45) is 5.92 Å². The molecule has 4 rings (SSSR count). The van der Waals surface area contributed by atoms with Crippen LogP contribution >= 0.6 is 0 Å². The van der Waals surface area contributed by atoms with E-state index in [9.17, 15) is 0 Å². The van der Waals surface area contributed by atoms with E-state index >= 15 is 0 Å². The van der Waals surface area contributed by atoms with E-state index in [1.807, 2.05) is 10.9 Å². The summed E-state index contributed by atoms with van der Waals surface area (Å²) in [5, 5.41) is 8.64. The molecule has 0 N–H and O–H groups in total. The lowest BCUT2D eigenvalue weighted by atomic mass is 10.0. The normalized spacial score (nSPS) is 21.0. The van der Waals surface area contributed by atoms with Crippen LogP contribution in [0.1, 0.15) is 24.0 Å². The number of hydrogen-bond donors (Lipinski definition) is 0. The van der Waals surface area contributed by atoms with Crippen molar-refractivity contribution in [1.29, 1.82) is 0 Å². The summed E-state index contributed by atoms with van der Waals surface area (Å²) in [6, 6.07) is 6.32. The number of likely N-dealkylation sites (N-methyl/N-ethyl adjacent to an activating group) is 1. The molecule has 0 bridgehead atoms. The Morgan fingerprint density at radius 1 is 1.32 bits per heavy atom. The van der Waals surface area contributed by atoms with Gasteiger partial charge in [0.25, 0.3) is 0 Å².